The minimum Gasteiger partial charge on any atom is -0.475 e. The summed E-state index contributed by atoms with van der Waals surface area (Å²) in [5.41, 5.74) is 2.71. The largest absolute Gasteiger partial charge is 0.490 e. The average molecular weight is 499 g/mol. The van der Waals surface area contributed by atoms with E-state index in [2.05, 4.69) is 5.10 Å². The molecule has 1 fully saturated rings. The van der Waals surface area contributed by atoms with Crippen molar-refractivity contribution in [3.8, 4) is 0 Å². The molecule has 0 bridgehead atoms. The van der Waals surface area contributed by atoms with Crippen LogP contribution in [0, 0.1) is 13.8 Å². The average Bonchev–Trinajstić information content (AvgIpc) is 3.35. The Labute approximate surface area is 187 Å². The third kappa shape index (κ3) is 6.55. The first-order valence-corrected chi connectivity index (χ1v) is 10.2. The summed E-state index contributed by atoms with van der Waals surface area (Å²) in [6.07, 6.45) is -8.29. The van der Waals surface area contributed by atoms with Crippen molar-refractivity contribution in [2.75, 3.05) is 0 Å². The lowest BCUT2D eigenvalue weighted by Crippen LogP contribution is -2.32. The Balaban J connectivity index is 0.000000479. The van der Waals surface area contributed by atoms with Crippen molar-refractivity contribution >= 4 is 29.0 Å². The molecule has 1 saturated carbocycles. The summed E-state index contributed by atoms with van der Waals surface area (Å²) in [5.74, 6) is -5.02. The van der Waals surface area contributed by atoms with Gasteiger partial charge in [-0.1, -0.05) is 0 Å². The first-order chi connectivity index (χ1) is 15.0. The number of nitrogens with zero attached hydrogens (tertiary/aromatic N) is 3. The molecule has 1 aliphatic carbocycles. The van der Waals surface area contributed by atoms with Gasteiger partial charge in [0.1, 0.15) is 0 Å². The third-order valence-electron chi connectivity index (χ3n) is 4.78. The van der Waals surface area contributed by atoms with E-state index in [4.69, 9.17) is 9.90 Å². The molecule has 0 aliphatic heterocycles. The molecule has 14 heteroatoms. The summed E-state index contributed by atoms with van der Waals surface area (Å²) in [7, 11) is 1.82. The topological polar surface area (TPSA) is 92.5 Å². The fourth-order valence-corrected chi connectivity index (χ4v) is 3.75. The van der Waals surface area contributed by atoms with Crippen LogP contribution in [0.4, 0.5) is 26.3 Å². The predicted octanol–water partition coefficient (Wildman–Crippen LogP) is 4.28. The van der Waals surface area contributed by atoms with Crippen molar-refractivity contribution in [1.29, 1.82) is 0 Å². The standard InChI is InChI=1S/C17H18F3N3O2S.C2HF3O2/c1-9-12(10(2)22(3)21-9)8-23(11-4-5-11)16(25)14-7-6-13(26-14)15(24)17(18,19)20;3-2(4,5)1(6)7/h6-7,11H,4-5,8H2,1-3H3;(H,6,7). The molecule has 1 aliphatic rings. The van der Waals surface area contributed by atoms with Crippen molar-refractivity contribution in [2.45, 2.75) is 51.6 Å². The van der Waals surface area contributed by atoms with E-state index in [0.29, 0.717) is 17.9 Å². The molecular weight excluding hydrogens is 480 g/mol. The molecular formula is C19H19F6N3O4S. The molecule has 7 nitrogen and oxygen atoms in total. The maximum absolute atomic E-state index is 12.9. The van der Waals surface area contributed by atoms with Crippen molar-refractivity contribution in [1.82, 2.24) is 14.7 Å². The second-order valence-electron chi connectivity index (χ2n) is 7.23. The van der Waals surface area contributed by atoms with Crippen molar-refractivity contribution < 1.29 is 45.8 Å². The van der Waals surface area contributed by atoms with Gasteiger partial charge in [-0.05, 0) is 38.8 Å². The number of hydrogen-bond donors (Lipinski definition) is 1. The number of alkyl halides is 6. The normalized spacial score (nSPS) is 13.8. The van der Waals surface area contributed by atoms with Crippen LogP contribution in [0.25, 0.3) is 0 Å². The lowest BCUT2D eigenvalue weighted by atomic mass is 10.1. The SMILES string of the molecule is Cc1nn(C)c(C)c1CN(C(=O)c1ccc(C(=O)C(F)(F)F)s1)C1CC1.O=C(O)C(F)(F)F. The number of rotatable bonds is 5. The van der Waals surface area contributed by atoms with Gasteiger partial charge in [0.15, 0.2) is 0 Å². The number of carbonyl (C=O) groups is 3. The number of Topliss-reactive ketones (excluding diaryl/α,β-unsaturated/α-hetero) is 1. The number of carboxylic acid groups (broad SMARTS) is 1. The quantitative estimate of drug-likeness (QED) is 0.490. The molecule has 0 saturated heterocycles. The molecule has 2 aromatic rings. The van der Waals surface area contributed by atoms with Gasteiger partial charge in [-0.3, -0.25) is 14.3 Å². The Morgan fingerprint density at radius 3 is 2.00 bits per heavy atom. The summed E-state index contributed by atoms with van der Waals surface area (Å²) >= 11 is 0.592. The Kier molecular flexibility index (Phi) is 7.61. The van der Waals surface area contributed by atoms with E-state index in [-0.39, 0.29) is 16.8 Å². The van der Waals surface area contributed by atoms with E-state index < -0.39 is 29.0 Å². The number of aromatic nitrogens is 2. The smallest absolute Gasteiger partial charge is 0.475 e. The summed E-state index contributed by atoms with van der Waals surface area (Å²) in [6.45, 7) is 4.13. The minimum atomic E-state index is -5.08. The minimum absolute atomic E-state index is 0.0744. The zero-order chi connectivity index (χ0) is 25.3. The van der Waals surface area contributed by atoms with Gasteiger partial charge in [0, 0.05) is 30.9 Å². The van der Waals surface area contributed by atoms with Crippen molar-refractivity contribution in [3.05, 3.63) is 38.8 Å². The zero-order valence-electron chi connectivity index (χ0n) is 17.5. The molecule has 0 unspecified atom stereocenters. The lowest BCUT2D eigenvalue weighted by Gasteiger charge is -2.22. The van der Waals surface area contributed by atoms with Crippen LogP contribution in [0.3, 0.4) is 0 Å². The van der Waals surface area contributed by atoms with E-state index >= 15 is 0 Å². The van der Waals surface area contributed by atoms with Crippen LogP contribution in [-0.4, -0.2) is 55.8 Å². The van der Waals surface area contributed by atoms with E-state index in [9.17, 15) is 35.9 Å². The van der Waals surface area contributed by atoms with Gasteiger partial charge in [-0.25, -0.2) is 4.79 Å². The maximum Gasteiger partial charge on any atom is 0.490 e. The van der Waals surface area contributed by atoms with Crippen LogP contribution in [0.1, 0.15) is 49.1 Å². The maximum atomic E-state index is 12.9. The fourth-order valence-electron chi connectivity index (χ4n) is 2.83. The lowest BCUT2D eigenvalue weighted by molar-refractivity contribution is -0.192. The molecule has 2 aromatic heterocycles. The number of carbonyl (C=O) groups excluding carboxylic acids is 2. The molecule has 33 heavy (non-hydrogen) atoms. The number of amides is 1. The first-order valence-electron chi connectivity index (χ1n) is 9.35. The number of hydrogen-bond acceptors (Lipinski definition) is 5. The number of aryl methyl sites for hydroxylation is 2. The Hall–Kier alpha value is -2.90. The van der Waals surface area contributed by atoms with Gasteiger partial charge in [0.25, 0.3) is 11.7 Å². The Morgan fingerprint density at radius 1 is 1.09 bits per heavy atom. The number of ketones is 1. The van der Waals surface area contributed by atoms with E-state index in [1.807, 2.05) is 20.9 Å². The molecule has 3 rings (SSSR count). The van der Waals surface area contributed by atoms with Crippen LogP contribution >= 0.6 is 11.3 Å². The van der Waals surface area contributed by atoms with Crippen LogP contribution < -0.4 is 0 Å². The van der Waals surface area contributed by atoms with Crippen LogP contribution in [0.5, 0.6) is 0 Å². The van der Waals surface area contributed by atoms with Gasteiger partial charge in [0.2, 0.25) is 0 Å². The van der Waals surface area contributed by atoms with Gasteiger partial charge in [-0.15, -0.1) is 11.3 Å². The van der Waals surface area contributed by atoms with E-state index in [1.165, 1.54) is 6.07 Å². The molecule has 0 spiro atoms. The summed E-state index contributed by atoms with van der Waals surface area (Å²) < 4.78 is 71.2. The number of carboxylic acids is 1. The summed E-state index contributed by atoms with van der Waals surface area (Å²) in [6, 6.07) is 2.44. The molecule has 0 atom stereocenters. The van der Waals surface area contributed by atoms with Gasteiger partial charge in [-0.2, -0.15) is 31.4 Å². The monoisotopic (exact) mass is 499 g/mol. The second kappa shape index (κ2) is 9.53. The van der Waals surface area contributed by atoms with Crippen molar-refractivity contribution in [2.24, 2.45) is 7.05 Å². The number of aliphatic carboxylic acids is 1. The van der Waals surface area contributed by atoms with Gasteiger partial charge >= 0.3 is 18.3 Å². The Bertz CT molecular complexity index is 1050. The van der Waals surface area contributed by atoms with Crippen molar-refractivity contribution in [3.63, 3.8) is 0 Å². The fraction of sp³-hybridized carbons (Fsp3) is 0.474. The highest BCUT2D eigenvalue weighted by Gasteiger charge is 2.41. The molecule has 1 amide bonds. The molecule has 1 N–H and O–H groups in total. The van der Waals surface area contributed by atoms with Crippen LogP contribution in [0.2, 0.25) is 0 Å². The van der Waals surface area contributed by atoms with E-state index in [1.54, 1.807) is 9.58 Å². The number of thiophene rings is 1. The van der Waals surface area contributed by atoms with E-state index in [0.717, 1.165) is 35.9 Å². The summed E-state index contributed by atoms with van der Waals surface area (Å²) in [5, 5.41) is 11.5. The summed E-state index contributed by atoms with van der Waals surface area (Å²) in [4.78, 5) is 34.5. The first kappa shape index (κ1) is 26.4. The third-order valence-corrected chi connectivity index (χ3v) is 5.85. The van der Waals surface area contributed by atoms with Gasteiger partial charge in [0.05, 0.1) is 15.4 Å². The van der Waals surface area contributed by atoms with Gasteiger partial charge < -0.3 is 10.0 Å². The molecule has 2 heterocycles. The Morgan fingerprint density at radius 2 is 1.61 bits per heavy atom. The molecule has 0 radical (unpaired) electrons. The van der Waals surface area contributed by atoms with Crippen LogP contribution in [-0.2, 0) is 18.4 Å². The molecule has 0 aromatic carbocycles. The predicted molar refractivity (Wildman–Crippen MR) is 104 cm³/mol. The van der Waals surface area contributed by atoms with Crippen LogP contribution in [0.15, 0.2) is 12.1 Å². The number of halogens is 6. The zero-order valence-corrected chi connectivity index (χ0v) is 18.4. The molecule has 182 valence electrons. The highest BCUT2D eigenvalue weighted by molar-refractivity contribution is 7.16. The second-order valence-corrected chi connectivity index (χ2v) is 8.31. The highest BCUT2D eigenvalue weighted by Crippen LogP contribution is 2.33. The highest BCUT2D eigenvalue weighted by atomic mass is 32.1.